The van der Waals surface area contributed by atoms with Crippen LogP contribution in [0.4, 0.5) is 0 Å². The van der Waals surface area contributed by atoms with Crippen LogP contribution in [-0.4, -0.2) is 48.4 Å². The van der Waals surface area contributed by atoms with Gasteiger partial charge in [-0.15, -0.1) is 0 Å². The number of carbonyl (C=O) groups excluding carboxylic acids is 1. The van der Waals surface area contributed by atoms with Gasteiger partial charge in [0.15, 0.2) is 0 Å². The molecule has 5 heteroatoms. The molecule has 0 saturated carbocycles. The highest BCUT2D eigenvalue weighted by atomic mass is 32.2. The fourth-order valence-electron chi connectivity index (χ4n) is 2.43. The monoisotopic (exact) mass is 303 g/mol. The van der Waals surface area contributed by atoms with Gasteiger partial charge in [-0.05, 0) is 52.7 Å². The molecule has 0 aliphatic carbocycles. The van der Waals surface area contributed by atoms with E-state index in [4.69, 9.17) is 9.47 Å². The topological polar surface area (TPSA) is 47.6 Å². The summed E-state index contributed by atoms with van der Waals surface area (Å²) in [6, 6.07) is 0.262. The van der Waals surface area contributed by atoms with Crippen LogP contribution in [0.15, 0.2) is 0 Å². The summed E-state index contributed by atoms with van der Waals surface area (Å²) in [5.74, 6) is 0.834. The van der Waals surface area contributed by atoms with Crippen molar-refractivity contribution in [3.63, 3.8) is 0 Å². The van der Waals surface area contributed by atoms with Crippen LogP contribution in [0.3, 0.4) is 0 Å². The second-order valence-electron chi connectivity index (χ2n) is 5.78. The highest BCUT2D eigenvalue weighted by Gasteiger charge is 2.34. The van der Waals surface area contributed by atoms with E-state index in [0.717, 1.165) is 38.2 Å². The van der Waals surface area contributed by atoms with Gasteiger partial charge in [0.2, 0.25) is 0 Å². The molecule has 4 nitrogen and oxygen atoms in total. The summed E-state index contributed by atoms with van der Waals surface area (Å²) < 4.78 is 10.6. The minimum Gasteiger partial charge on any atom is -0.465 e. The lowest BCUT2D eigenvalue weighted by Crippen LogP contribution is -2.53. The molecule has 0 aromatic carbocycles. The minimum absolute atomic E-state index is 0.138. The lowest BCUT2D eigenvalue weighted by molar-refractivity contribution is -0.150. The van der Waals surface area contributed by atoms with E-state index in [1.165, 1.54) is 0 Å². The Bertz CT molecular complexity index is 293. The van der Waals surface area contributed by atoms with E-state index in [2.05, 4.69) is 19.2 Å². The lowest BCUT2D eigenvalue weighted by Gasteiger charge is -2.31. The maximum absolute atomic E-state index is 12.2. The summed E-state index contributed by atoms with van der Waals surface area (Å²) in [5, 5.41) is 4.04. The second kappa shape index (κ2) is 8.90. The molecule has 1 rings (SSSR count). The van der Waals surface area contributed by atoms with Crippen LogP contribution in [0.25, 0.3) is 0 Å². The number of hydrogen-bond acceptors (Lipinski definition) is 5. The van der Waals surface area contributed by atoms with Gasteiger partial charge in [-0.2, -0.15) is 11.8 Å². The third-order valence-electron chi connectivity index (χ3n) is 3.46. The van der Waals surface area contributed by atoms with E-state index in [1.54, 1.807) is 0 Å². The van der Waals surface area contributed by atoms with Gasteiger partial charge in [-0.1, -0.05) is 0 Å². The molecule has 1 heterocycles. The number of nitrogens with one attached hydrogen (secondary N) is 1. The van der Waals surface area contributed by atoms with Gasteiger partial charge in [0, 0.05) is 24.5 Å². The molecule has 0 spiro atoms. The van der Waals surface area contributed by atoms with Crippen molar-refractivity contribution in [2.75, 3.05) is 25.6 Å². The van der Waals surface area contributed by atoms with E-state index >= 15 is 0 Å². The molecule has 0 bridgehead atoms. The zero-order valence-corrected chi connectivity index (χ0v) is 14.1. The smallest absolute Gasteiger partial charge is 0.326 e. The molecule has 1 N–H and O–H groups in total. The summed E-state index contributed by atoms with van der Waals surface area (Å²) in [4.78, 5) is 12.2. The Hall–Kier alpha value is -0.260. The average molecular weight is 303 g/mol. The number of thioether (sulfide) groups is 1. The molecule has 1 saturated heterocycles. The van der Waals surface area contributed by atoms with Crippen molar-refractivity contribution in [3.05, 3.63) is 0 Å². The molecule has 0 radical (unpaired) electrons. The van der Waals surface area contributed by atoms with E-state index < -0.39 is 5.54 Å². The van der Waals surface area contributed by atoms with Crippen LogP contribution in [0.2, 0.25) is 0 Å². The summed E-state index contributed by atoms with van der Waals surface area (Å²) in [5.41, 5.74) is -0.581. The first-order chi connectivity index (χ1) is 9.48. The molecule has 118 valence electrons. The molecule has 1 aliphatic rings. The van der Waals surface area contributed by atoms with Crippen LogP contribution >= 0.6 is 11.8 Å². The van der Waals surface area contributed by atoms with Crippen molar-refractivity contribution in [3.8, 4) is 0 Å². The van der Waals surface area contributed by atoms with Crippen LogP contribution in [0, 0.1) is 0 Å². The highest BCUT2D eigenvalue weighted by molar-refractivity contribution is 7.99. The third-order valence-corrected chi connectivity index (χ3v) is 4.84. The van der Waals surface area contributed by atoms with Crippen molar-refractivity contribution in [1.82, 2.24) is 5.32 Å². The maximum atomic E-state index is 12.2. The number of rotatable bonds is 8. The molecule has 1 fully saturated rings. The van der Waals surface area contributed by atoms with E-state index in [9.17, 15) is 4.79 Å². The van der Waals surface area contributed by atoms with Crippen molar-refractivity contribution in [1.29, 1.82) is 0 Å². The molecule has 0 aromatic heterocycles. The SMILES string of the molecule is CCOC(=O)C(C)(CCSC1CCOCC1)NC(C)C. The number of hydrogen-bond donors (Lipinski definition) is 1. The Kier molecular flexibility index (Phi) is 7.92. The minimum atomic E-state index is -0.581. The summed E-state index contributed by atoms with van der Waals surface area (Å²) >= 11 is 1.96. The van der Waals surface area contributed by atoms with E-state index in [-0.39, 0.29) is 12.0 Å². The zero-order chi connectivity index (χ0) is 15.0. The molecular formula is C15H29NO3S. The van der Waals surface area contributed by atoms with E-state index in [0.29, 0.717) is 11.9 Å². The fourth-order valence-corrected chi connectivity index (χ4v) is 3.82. The quantitative estimate of drug-likeness (QED) is 0.699. The Morgan fingerprint density at radius 2 is 2.10 bits per heavy atom. The fraction of sp³-hybridized carbons (Fsp3) is 0.933. The highest BCUT2D eigenvalue weighted by Crippen LogP contribution is 2.25. The molecular weight excluding hydrogens is 274 g/mol. The number of carbonyl (C=O) groups is 1. The standard InChI is InChI=1S/C15H29NO3S/c1-5-19-14(17)15(4,16-12(2)3)8-11-20-13-6-9-18-10-7-13/h12-13,16H,5-11H2,1-4H3. The predicted molar refractivity (Wildman–Crippen MR) is 84.2 cm³/mol. The largest absolute Gasteiger partial charge is 0.465 e. The van der Waals surface area contributed by atoms with E-state index in [1.807, 2.05) is 25.6 Å². The van der Waals surface area contributed by atoms with Gasteiger partial charge >= 0.3 is 5.97 Å². The van der Waals surface area contributed by atoms with Gasteiger partial charge in [-0.3, -0.25) is 10.1 Å². The normalized spacial score (nSPS) is 19.9. The van der Waals surface area contributed by atoms with Gasteiger partial charge in [0.1, 0.15) is 5.54 Å². The molecule has 20 heavy (non-hydrogen) atoms. The van der Waals surface area contributed by atoms with Gasteiger partial charge < -0.3 is 9.47 Å². The second-order valence-corrected chi connectivity index (χ2v) is 7.19. The van der Waals surface area contributed by atoms with Gasteiger partial charge in [0.25, 0.3) is 0 Å². The molecule has 1 atom stereocenters. The first kappa shape index (κ1) is 17.8. The summed E-state index contributed by atoms with van der Waals surface area (Å²) in [6.45, 7) is 10.1. The third kappa shape index (κ3) is 6.02. The lowest BCUT2D eigenvalue weighted by atomic mass is 9.98. The Balaban J connectivity index is 2.44. The van der Waals surface area contributed by atoms with Gasteiger partial charge in [-0.25, -0.2) is 0 Å². The summed E-state index contributed by atoms with van der Waals surface area (Å²) in [7, 11) is 0. The average Bonchev–Trinajstić information content (AvgIpc) is 2.39. The molecule has 1 aliphatic heterocycles. The van der Waals surface area contributed by atoms with Gasteiger partial charge in [0.05, 0.1) is 6.61 Å². The number of ether oxygens (including phenoxy) is 2. The number of esters is 1. The van der Waals surface area contributed by atoms with Crippen LogP contribution in [0.5, 0.6) is 0 Å². The Morgan fingerprint density at radius 1 is 1.45 bits per heavy atom. The Labute approximate surface area is 127 Å². The van der Waals surface area contributed by atoms with Crippen molar-refractivity contribution < 1.29 is 14.3 Å². The van der Waals surface area contributed by atoms with Crippen molar-refractivity contribution in [2.24, 2.45) is 0 Å². The van der Waals surface area contributed by atoms with Crippen molar-refractivity contribution in [2.45, 2.75) is 63.8 Å². The molecule has 0 amide bonds. The van der Waals surface area contributed by atoms with Crippen LogP contribution in [0.1, 0.15) is 47.0 Å². The Morgan fingerprint density at radius 3 is 2.65 bits per heavy atom. The van der Waals surface area contributed by atoms with Crippen LogP contribution in [-0.2, 0) is 14.3 Å². The van der Waals surface area contributed by atoms with Crippen LogP contribution < -0.4 is 5.32 Å². The predicted octanol–water partition coefficient (Wildman–Crippen LogP) is 2.61. The first-order valence-electron chi connectivity index (χ1n) is 7.62. The zero-order valence-electron chi connectivity index (χ0n) is 13.2. The van der Waals surface area contributed by atoms with Crippen molar-refractivity contribution >= 4 is 17.7 Å². The molecule has 0 aromatic rings. The first-order valence-corrected chi connectivity index (χ1v) is 8.67. The maximum Gasteiger partial charge on any atom is 0.326 e. The molecule has 1 unspecified atom stereocenters. The summed E-state index contributed by atoms with van der Waals surface area (Å²) in [6.07, 6.45) is 3.04.